The van der Waals surface area contributed by atoms with Crippen LogP contribution < -0.4 is 9.47 Å². The van der Waals surface area contributed by atoms with E-state index in [1.54, 1.807) is 7.11 Å². The molecule has 1 aromatic heterocycles. The van der Waals surface area contributed by atoms with Gasteiger partial charge in [-0.1, -0.05) is 30.3 Å². The lowest BCUT2D eigenvalue weighted by Gasteiger charge is -2.12. The van der Waals surface area contributed by atoms with E-state index in [1.807, 2.05) is 30.3 Å². The van der Waals surface area contributed by atoms with Crippen LogP contribution in [0.5, 0.6) is 11.5 Å². The van der Waals surface area contributed by atoms with Crippen molar-refractivity contribution in [1.82, 2.24) is 9.55 Å². The van der Waals surface area contributed by atoms with E-state index in [2.05, 4.69) is 54.8 Å². The van der Waals surface area contributed by atoms with E-state index in [1.165, 1.54) is 11.1 Å². The lowest BCUT2D eigenvalue weighted by Crippen LogP contribution is -2.06. The van der Waals surface area contributed by atoms with Crippen LogP contribution in [0, 0.1) is 13.8 Å². The number of nitrogens with zero attached hydrogens (tertiary/aromatic N) is 2. The standard InChI is InChI=1S/C25H26N2O2/c1-18-12-13-22(16-19(18)2)29-15-7-14-27-24-11-5-4-10-23(24)26-25(27)20-8-6-9-21(17-20)28-3/h4-6,8-13,16-17H,7,14-15H2,1-3H3. The third kappa shape index (κ3) is 4.11. The van der Waals surface area contributed by atoms with E-state index in [0.29, 0.717) is 6.61 Å². The molecule has 0 fully saturated rings. The topological polar surface area (TPSA) is 36.3 Å². The van der Waals surface area contributed by atoms with Crippen LogP contribution >= 0.6 is 0 Å². The van der Waals surface area contributed by atoms with Crippen LogP contribution in [0.15, 0.2) is 66.7 Å². The minimum absolute atomic E-state index is 0.659. The summed E-state index contributed by atoms with van der Waals surface area (Å²) in [5, 5.41) is 0. The van der Waals surface area contributed by atoms with Gasteiger partial charge >= 0.3 is 0 Å². The summed E-state index contributed by atoms with van der Waals surface area (Å²) in [6, 6.07) is 22.6. The molecule has 0 saturated carbocycles. The third-order valence-electron chi connectivity index (χ3n) is 5.26. The van der Waals surface area contributed by atoms with Gasteiger partial charge in [0.25, 0.3) is 0 Å². The summed E-state index contributed by atoms with van der Waals surface area (Å²) in [5.41, 5.74) is 5.72. The molecule has 4 heteroatoms. The molecule has 4 nitrogen and oxygen atoms in total. The summed E-state index contributed by atoms with van der Waals surface area (Å²) in [4.78, 5) is 4.88. The molecular formula is C25H26N2O2. The Labute approximate surface area is 171 Å². The summed E-state index contributed by atoms with van der Waals surface area (Å²) >= 11 is 0. The number of benzene rings is 3. The van der Waals surface area contributed by atoms with Crippen LogP contribution in [0.2, 0.25) is 0 Å². The molecule has 0 aliphatic heterocycles. The Kier molecular flexibility index (Phi) is 5.52. The third-order valence-corrected chi connectivity index (χ3v) is 5.26. The van der Waals surface area contributed by atoms with Crippen molar-refractivity contribution < 1.29 is 9.47 Å². The van der Waals surface area contributed by atoms with Gasteiger partial charge in [0.05, 0.1) is 24.8 Å². The molecule has 0 bridgehead atoms. The van der Waals surface area contributed by atoms with Crippen LogP contribution in [-0.2, 0) is 6.54 Å². The molecular weight excluding hydrogens is 360 g/mol. The van der Waals surface area contributed by atoms with Gasteiger partial charge in [-0.25, -0.2) is 4.98 Å². The molecule has 0 saturated heterocycles. The van der Waals surface area contributed by atoms with E-state index in [-0.39, 0.29) is 0 Å². The minimum atomic E-state index is 0.659. The SMILES string of the molecule is COc1cccc(-c2nc3ccccc3n2CCCOc2ccc(C)c(C)c2)c1. The molecule has 1 heterocycles. The fourth-order valence-electron chi connectivity index (χ4n) is 3.50. The maximum atomic E-state index is 5.98. The van der Waals surface area contributed by atoms with Crippen molar-refractivity contribution >= 4 is 11.0 Å². The molecule has 148 valence electrons. The molecule has 3 aromatic carbocycles. The number of methoxy groups -OCH3 is 1. The van der Waals surface area contributed by atoms with Crippen molar-refractivity contribution in [2.24, 2.45) is 0 Å². The molecule has 0 atom stereocenters. The predicted octanol–water partition coefficient (Wildman–Crippen LogP) is 5.80. The quantitative estimate of drug-likeness (QED) is 0.377. The minimum Gasteiger partial charge on any atom is -0.497 e. The van der Waals surface area contributed by atoms with Gasteiger partial charge in [-0.2, -0.15) is 0 Å². The predicted molar refractivity (Wildman–Crippen MR) is 118 cm³/mol. The number of hydrogen-bond donors (Lipinski definition) is 0. The van der Waals surface area contributed by atoms with Gasteiger partial charge in [0.15, 0.2) is 0 Å². The Bertz CT molecular complexity index is 1130. The Morgan fingerprint density at radius 2 is 1.72 bits per heavy atom. The molecule has 29 heavy (non-hydrogen) atoms. The second-order valence-corrected chi connectivity index (χ2v) is 7.26. The zero-order valence-corrected chi connectivity index (χ0v) is 17.2. The molecule has 0 spiro atoms. The molecule has 0 N–H and O–H groups in total. The van der Waals surface area contributed by atoms with Crippen LogP contribution in [-0.4, -0.2) is 23.3 Å². The summed E-state index contributed by atoms with van der Waals surface area (Å²) in [5.74, 6) is 2.71. The first-order valence-corrected chi connectivity index (χ1v) is 9.95. The number of rotatable bonds is 7. The Hall–Kier alpha value is -3.27. The molecule has 0 aliphatic carbocycles. The van der Waals surface area contributed by atoms with Gasteiger partial charge in [0.2, 0.25) is 0 Å². The summed E-state index contributed by atoms with van der Waals surface area (Å²) in [6.07, 6.45) is 0.893. The normalized spacial score (nSPS) is 11.0. The highest BCUT2D eigenvalue weighted by Gasteiger charge is 2.13. The van der Waals surface area contributed by atoms with Crippen LogP contribution in [0.25, 0.3) is 22.4 Å². The number of para-hydroxylation sites is 2. The first-order valence-electron chi connectivity index (χ1n) is 9.95. The fourth-order valence-corrected chi connectivity index (χ4v) is 3.50. The molecule has 0 unspecified atom stereocenters. The summed E-state index contributed by atoms with van der Waals surface area (Å²) in [6.45, 7) is 5.72. The van der Waals surface area contributed by atoms with Crippen LogP contribution in [0.4, 0.5) is 0 Å². The van der Waals surface area contributed by atoms with Crippen molar-refractivity contribution in [1.29, 1.82) is 0 Å². The first kappa shape index (κ1) is 19.1. The summed E-state index contributed by atoms with van der Waals surface area (Å²) in [7, 11) is 1.69. The summed E-state index contributed by atoms with van der Waals surface area (Å²) < 4.78 is 13.7. The molecule has 4 aromatic rings. The van der Waals surface area contributed by atoms with Crippen molar-refractivity contribution in [2.45, 2.75) is 26.8 Å². The van der Waals surface area contributed by atoms with Crippen molar-refractivity contribution in [3.05, 3.63) is 77.9 Å². The number of fused-ring (bicyclic) bond motifs is 1. The Morgan fingerprint density at radius 1 is 0.862 bits per heavy atom. The van der Waals surface area contributed by atoms with Gasteiger partial charge in [-0.05, 0) is 67.8 Å². The van der Waals surface area contributed by atoms with E-state index < -0.39 is 0 Å². The lowest BCUT2D eigenvalue weighted by atomic mass is 10.1. The van der Waals surface area contributed by atoms with Crippen LogP contribution in [0.1, 0.15) is 17.5 Å². The van der Waals surface area contributed by atoms with E-state index in [4.69, 9.17) is 14.5 Å². The average molecular weight is 386 g/mol. The molecule has 4 rings (SSSR count). The molecule has 0 aliphatic rings. The zero-order valence-electron chi connectivity index (χ0n) is 17.2. The number of hydrogen-bond acceptors (Lipinski definition) is 3. The number of imidazole rings is 1. The highest BCUT2D eigenvalue weighted by molar-refractivity contribution is 5.80. The van der Waals surface area contributed by atoms with Crippen LogP contribution in [0.3, 0.4) is 0 Å². The number of ether oxygens (including phenoxy) is 2. The van der Waals surface area contributed by atoms with E-state index in [9.17, 15) is 0 Å². The smallest absolute Gasteiger partial charge is 0.141 e. The van der Waals surface area contributed by atoms with Gasteiger partial charge in [-0.3, -0.25) is 0 Å². The van der Waals surface area contributed by atoms with Gasteiger partial charge in [0, 0.05) is 12.1 Å². The van der Waals surface area contributed by atoms with Crippen molar-refractivity contribution in [2.75, 3.05) is 13.7 Å². The van der Waals surface area contributed by atoms with Crippen molar-refractivity contribution in [3.8, 4) is 22.9 Å². The monoisotopic (exact) mass is 386 g/mol. The van der Waals surface area contributed by atoms with E-state index in [0.717, 1.165) is 46.9 Å². The Balaban J connectivity index is 1.55. The zero-order chi connectivity index (χ0) is 20.2. The fraction of sp³-hybridized carbons (Fsp3) is 0.240. The maximum absolute atomic E-state index is 5.98. The average Bonchev–Trinajstić information content (AvgIpc) is 3.12. The van der Waals surface area contributed by atoms with Gasteiger partial charge in [0.1, 0.15) is 17.3 Å². The van der Waals surface area contributed by atoms with Crippen molar-refractivity contribution in [3.63, 3.8) is 0 Å². The Morgan fingerprint density at radius 3 is 2.55 bits per heavy atom. The first-order chi connectivity index (χ1) is 14.2. The number of aryl methyl sites for hydroxylation is 3. The van der Waals surface area contributed by atoms with E-state index >= 15 is 0 Å². The number of aromatic nitrogens is 2. The molecule has 0 radical (unpaired) electrons. The molecule has 0 amide bonds. The highest BCUT2D eigenvalue weighted by atomic mass is 16.5. The highest BCUT2D eigenvalue weighted by Crippen LogP contribution is 2.27. The van der Waals surface area contributed by atoms with Gasteiger partial charge in [-0.15, -0.1) is 0 Å². The second kappa shape index (κ2) is 8.39. The van der Waals surface area contributed by atoms with Gasteiger partial charge < -0.3 is 14.0 Å². The largest absolute Gasteiger partial charge is 0.497 e. The second-order valence-electron chi connectivity index (χ2n) is 7.26. The maximum Gasteiger partial charge on any atom is 0.141 e. The lowest BCUT2D eigenvalue weighted by molar-refractivity contribution is 0.302.